The maximum absolute atomic E-state index is 2.67. The van der Waals surface area contributed by atoms with Crippen molar-refractivity contribution in [3.05, 3.63) is 12.4 Å². The van der Waals surface area contributed by atoms with Gasteiger partial charge in [0.2, 0.25) is 0 Å². The van der Waals surface area contributed by atoms with Crippen LogP contribution in [0.5, 0.6) is 0 Å². The molecule has 1 atom stereocenters. The van der Waals surface area contributed by atoms with Crippen LogP contribution in [0.3, 0.4) is 0 Å². The van der Waals surface area contributed by atoms with Gasteiger partial charge in [-0.05, 0) is 25.7 Å². The Balaban J connectivity index is 2.08. The molecule has 0 aliphatic carbocycles. The van der Waals surface area contributed by atoms with Gasteiger partial charge in [-0.1, -0.05) is 149 Å². The van der Waals surface area contributed by atoms with Gasteiger partial charge in [0.1, 0.15) is 6.17 Å². The lowest BCUT2D eigenvalue weighted by Gasteiger charge is -2.33. The average molecular weight is 477 g/mol. The van der Waals surface area contributed by atoms with Gasteiger partial charge in [0.05, 0.1) is 0 Å². The number of nitrogens with zero attached hydrogens (tertiary/aromatic N) is 2. The molecule has 1 aliphatic heterocycles. The van der Waals surface area contributed by atoms with Gasteiger partial charge in [0.15, 0.2) is 0 Å². The Morgan fingerprint density at radius 2 is 0.676 bits per heavy atom. The summed E-state index contributed by atoms with van der Waals surface area (Å²) in [6, 6.07) is 0. The molecule has 202 valence electrons. The van der Waals surface area contributed by atoms with Crippen molar-refractivity contribution in [2.75, 3.05) is 13.1 Å². The minimum atomic E-state index is 0.640. The summed E-state index contributed by atoms with van der Waals surface area (Å²) in [6.45, 7) is 9.47. The zero-order valence-corrected chi connectivity index (χ0v) is 24.0. The van der Waals surface area contributed by atoms with Gasteiger partial charge < -0.3 is 9.80 Å². The highest BCUT2D eigenvalue weighted by Crippen LogP contribution is 2.23. The Hall–Kier alpha value is -0.660. The van der Waals surface area contributed by atoms with E-state index in [-0.39, 0.29) is 0 Å². The van der Waals surface area contributed by atoms with Gasteiger partial charge >= 0.3 is 0 Å². The highest BCUT2D eigenvalue weighted by molar-refractivity contribution is 4.96. The molecule has 0 aromatic heterocycles. The first kappa shape index (κ1) is 31.4. The third-order valence-corrected chi connectivity index (χ3v) is 7.82. The highest BCUT2D eigenvalue weighted by Gasteiger charge is 2.24. The van der Waals surface area contributed by atoms with Crippen LogP contribution in [0.4, 0.5) is 0 Å². The molecule has 0 spiro atoms. The Kier molecular flexibility index (Phi) is 22.2. The van der Waals surface area contributed by atoms with E-state index in [4.69, 9.17) is 0 Å². The van der Waals surface area contributed by atoms with Crippen LogP contribution in [0.25, 0.3) is 0 Å². The van der Waals surface area contributed by atoms with E-state index in [1.54, 1.807) is 0 Å². The van der Waals surface area contributed by atoms with E-state index in [0.29, 0.717) is 6.17 Å². The van der Waals surface area contributed by atoms with E-state index in [1.807, 2.05) is 0 Å². The van der Waals surface area contributed by atoms with Crippen molar-refractivity contribution in [1.29, 1.82) is 0 Å². The molecular formula is C32H64N2. The smallest absolute Gasteiger partial charge is 0.101 e. The number of unbranched alkanes of at least 4 members (excludes halogenated alkanes) is 20. The molecule has 0 saturated heterocycles. The summed E-state index contributed by atoms with van der Waals surface area (Å²) in [6.07, 6.45) is 39.5. The van der Waals surface area contributed by atoms with Gasteiger partial charge in [0.25, 0.3) is 0 Å². The van der Waals surface area contributed by atoms with Crippen LogP contribution in [-0.4, -0.2) is 29.1 Å². The second-order valence-electron chi connectivity index (χ2n) is 11.1. The third kappa shape index (κ3) is 16.9. The standard InChI is InChI=1S/C32H64N2/c1-4-7-10-12-14-16-18-20-22-24-26-29-34-31-30-33(32(34)27-9-6-3)28-25-23-21-19-17-15-13-11-8-5-2/h30-32H,4-29H2,1-3H3. The van der Waals surface area contributed by atoms with Gasteiger partial charge in [-0.25, -0.2) is 0 Å². The van der Waals surface area contributed by atoms with Gasteiger partial charge in [-0.3, -0.25) is 0 Å². The summed E-state index contributed by atoms with van der Waals surface area (Å²) < 4.78 is 0. The SMILES string of the molecule is CCCCCCCCCCCCCN1C=CN(CCCCCCCCCCCC)C1CCCC. The Morgan fingerprint density at radius 1 is 0.382 bits per heavy atom. The normalized spacial score (nSPS) is 15.7. The molecule has 0 aromatic carbocycles. The number of rotatable bonds is 26. The van der Waals surface area contributed by atoms with Crippen LogP contribution in [-0.2, 0) is 0 Å². The Labute approximate surface area is 216 Å². The van der Waals surface area contributed by atoms with Crippen LogP contribution in [0.2, 0.25) is 0 Å². The highest BCUT2D eigenvalue weighted by atomic mass is 15.4. The van der Waals surface area contributed by atoms with Crippen molar-refractivity contribution in [3.63, 3.8) is 0 Å². The molecule has 1 aliphatic rings. The first-order valence-corrected chi connectivity index (χ1v) is 16.0. The molecule has 0 bridgehead atoms. The molecule has 0 aromatic rings. The van der Waals surface area contributed by atoms with Gasteiger partial charge in [-0.2, -0.15) is 0 Å². The zero-order chi connectivity index (χ0) is 24.5. The minimum Gasteiger partial charge on any atom is -0.356 e. The first-order chi connectivity index (χ1) is 16.8. The lowest BCUT2D eigenvalue weighted by molar-refractivity contribution is 0.136. The van der Waals surface area contributed by atoms with Crippen molar-refractivity contribution in [2.45, 2.75) is 181 Å². The van der Waals surface area contributed by atoms with Crippen LogP contribution in [0, 0.1) is 0 Å². The maximum Gasteiger partial charge on any atom is 0.101 e. The van der Waals surface area contributed by atoms with Crippen molar-refractivity contribution < 1.29 is 0 Å². The Bertz CT molecular complexity index is 433. The van der Waals surface area contributed by atoms with E-state index in [1.165, 1.54) is 167 Å². The van der Waals surface area contributed by atoms with Crippen molar-refractivity contribution in [3.8, 4) is 0 Å². The summed E-state index contributed by atoms with van der Waals surface area (Å²) in [5, 5.41) is 0. The van der Waals surface area contributed by atoms with Gasteiger partial charge in [-0.15, -0.1) is 0 Å². The second-order valence-corrected chi connectivity index (χ2v) is 11.1. The van der Waals surface area contributed by atoms with Crippen molar-refractivity contribution in [2.24, 2.45) is 0 Å². The molecule has 0 fully saturated rings. The average Bonchev–Trinajstić information content (AvgIpc) is 3.23. The molecule has 2 heteroatoms. The summed E-state index contributed by atoms with van der Waals surface area (Å²) in [4.78, 5) is 5.33. The largest absolute Gasteiger partial charge is 0.356 e. The fourth-order valence-electron chi connectivity index (χ4n) is 5.47. The molecule has 0 radical (unpaired) electrons. The monoisotopic (exact) mass is 477 g/mol. The molecule has 1 unspecified atom stereocenters. The molecule has 0 saturated carbocycles. The minimum absolute atomic E-state index is 0.640. The first-order valence-electron chi connectivity index (χ1n) is 16.0. The fourth-order valence-corrected chi connectivity index (χ4v) is 5.47. The van der Waals surface area contributed by atoms with E-state index in [2.05, 4.69) is 43.0 Å². The van der Waals surface area contributed by atoms with E-state index in [9.17, 15) is 0 Å². The van der Waals surface area contributed by atoms with Crippen molar-refractivity contribution in [1.82, 2.24) is 9.80 Å². The summed E-state index contributed by atoms with van der Waals surface area (Å²) in [7, 11) is 0. The predicted octanol–water partition coefficient (Wildman–Crippen LogP) is 10.8. The third-order valence-electron chi connectivity index (χ3n) is 7.82. The molecular weight excluding hydrogens is 412 g/mol. The lowest BCUT2D eigenvalue weighted by Crippen LogP contribution is -2.39. The number of hydrogen-bond donors (Lipinski definition) is 0. The quantitative estimate of drug-likeness (QED) is 0.114. The van der Waals surface area contributed by atoms with E-state index in [0.717, 1.165) is 0 Å². The summed E-state index contributed by atoms with van der Waals surface area (Å²) in [5.41, 5.74) is 0. The zero-order valence-electron chi connectivity index (χ0n) is 24.0. The van der Waals surface area contributed by atoms with Crippen LogP contribution < -0.4 is 0 Å². The van der Waals surface area contributed by atoms with Crippen LogP contribution in [0.1, 0.15) is 175 Å². The van der Waals surface area contributed by atoms with Gasteiger partial charge in [0, 0.05) is 25.5 Å². The molecule has 0 amide bonds. The van der Waals surface area contributed by atoms with Crippen molar-refractivity contribution >= 4 is 0 Å². The molecule has 34 heavy (non-hydrogen) atoms. The molecule has 1 rings (SSSR count). The predicted molar refractivity (Wildman–Crippen MR) is 154 cm³/mol. The maximum atomic E-state index is 2.67. The van der Waals surface area contributed by atoms with E-state index >= 15 is 0 Å². The second kappa shape index (κ2) is 24.1. The summed E-state index contributed by atoms with van der Waals surface area (Å²) >= 11 is 0. The van der Waals surface area contributed by atoms with E-state index < -0.39 is 0 Å². The Morgan fingerprint density at radius 3 is 1.00 bits per heavy atom. The molecule has 0 N–H and O–H groups in total. The lowest BCUT2D eigenvalue weighted by atomic mass is 10.1. The molecule has 2 nitrogen and oxygen atoms in total. The fraction of sp³-hybridized carbons (Fsp3) is 0.938. The topological polar surface area (TPSA) is 6.48 Å². The van der Waals surface area contributed by atoms with Crippen LogP contribution in [0.15, 0.2) is 12.4 Å². The molecule has 1 heterocycles. The number of hydrogen-bond acceptors (Lipinski definition) is 2. The van der Waals surface area contributed by atoms with Crippen LogP contribution >= 0.6 is 0 Å². The summed E-state index contributed by atoms with van der Waals surface area (Å²) in [5.74, 6) is 0.